The first-order chi connectivity index (χ1) is 18.0. The standard InChI is InChI=1S/C31H31NO4S/c33-28-17-37-29(34)32(28)16-19-1-2-24-11-25(4-3-23(24)10-19)26-5-6-27-31(15-26,36-18-35-27)30-12-20-7-21(13-30)9-22(8-20)14-30/h1-6,10-11,20-22H,7-9,12-18H2. The lowest BCUT2D eigenvalue weighted by molar-refractivity contribution is -0.170. The second kappa shape index (κ2) is 7.97. The van der Waals surface area contributed by atoms with Crippen LogP contribution in [0.5, 0.6) is 0 Å². The van der Waals surface area contributed by atoms with E-state index in [-0.39, 0.29) is 27.9 Å². The zero-order valence-electron chi connectivity index (χ0n) is 20.9. The van der Waals surface area contributed by atoms with Crippen LogP contribution in [0.15, 0.2) is 54.3 Å². The highest BCUT2D eigenvalue weighted by molar-refractivity contribution is 8.14. The minimum absolute atomic E-state index is 0.104. The molecule has 2 aromatic rings. The number of thioether (sulfide) groups is 1. The number of allylic oxidation sites excluding steroid dienone is 2. The summed E-state index contributed by atoms with van der Waals surface area (Å²) in [5.41, 5.74) is 3.42. The number of nitrogens with zero attached hydrogens (tertiary/aromatic N) is 1. The molecule has 0 aromatic heterocycles. The molecule has 6 heteroatoms. The summed E-state index contributed by atoms with van der Waals surface area (Å²) in [6, 6.07) is 12.9. The second-order valence-electron chi connectivity index (χ2n) is 12.3. The van der Waals surface area contributed by atoms with Gasteiger partial charge in [0.25, 0.3) is 5.24 Å². The molecule has 4 saturated carbocycles. The van der Waals surface area contributed by atoms with E-state index >= 15 is 0 Å². The van der Waals surface area contributed by atoms with Gasteiger partial charge in [-0.2, -0.15) is 0 Å². The molecule has 2 aliphatic heterocycles. The Kier molecular flexibility index (Phi) is 4.83. The Morgan fingerprint density at radius 1 is 0.919 bits per heavy atom. The number of amides is 2. The zero-order valence-corrected chi connectivity index (χ0v) is 21.7. The Bertz CT molecular complexity index is 1360. The number of hydrogen-bond donors (Lipinski definition) is 0. The topological polar surface area (TPSA) is 55.8 Å². The highest BCUT2D eigenvalue weighted by Gasteiger charge is 2.65. The molecule has 1 unspecified atom stereocenters. The molecule has 37 heavy (non-hydrogen) atoms. The van der Waals surface area contributed by atoms with E-state index in [1.165, 1.54) is 54.6 Å². The van der Waals surface area contributed by atoms with Crippen LogP contribution in [-0.2, 0) is 20.8 Å². The average Bonchev–Trinajstić information content (AvgIpc) is 3.47. The van der Waals surface area contributed by atoms with Gasteiger partial charge in [-0.1, -0.05) is 42.1 Å². The van der Waals surface area contributed by atoms with Crippen molar-refractivity contribution in [2.45, 2.75) is 57.1 Å². The Balaban J connectivity index is 1.10. The van der Waals surface area contributed by atoms with Gasteiger partial charge in [0.1, 0.15) is 11.4 Å². The maximum atomic E-state index is 12.0. The number of carbonyl (C=O) groups excluding carboxylic acids is 2. The van der Waals surface area contributed by atoms with Crippen LogP contribution in [0.3, 0.4) is 0 Å². The molecule has 2 saturated heterocycles. The van der Waals surface area contributed by atoms with Gasteiger partial charge in [0.05, 0.1) is 12.3 Å². The third kappa shape index (κ3) is 3.34. The van der Waals surface area contributed by atoms with E-state index in [0.29, 0.717) is 13.3 Å². The summed E-state index contributed by atoms with van der Waals surface area (Å²) in [5, 5.41) is 2.14. The SMILES string of the molecule is O=C1CSC(=O)N1Cc1ccc2cc(C3=CC=C4OCOC4(C45CC6CC(CC(C6)C4)C5)C3)ccc2c1. The number of ether oxygens (including phenoxy) is 2. The molecule has 6 fully saturated rings. The zero-order chi connectivity index (χ0) is 24.8. The van der Waals surface area contributed by atoms with Gasteiger partial charge in [-0.15, -0.1) is 0 Å². The van der Waals surface area contributed by atoms with Crippen molar-refractivity contribution >= 4 is 39.3 Å². The Hall–Kier alpha value is -2.57. The first-order valence-electron chi connectivity index (χ1n) is 13.7. The summed E-state index contributed by atoms with van der Waals surface area (Å²) in [4.78, 5) is 25.4. The van der Waals surface area contributed by atoms with Crippen molar-refractivity contribution in [2.75, 3.05) is 12.5 Å². The van der Waals surface area contributed by atoms with Crippen LogP contribution < -0.4 is 0 Å². The maximum absolute atomic E-state index is 12.0. The molecule has 2 aromatic carbocycles. The van der Waals surface area contributed by atoms with Crippen LogP contribution in [0.2, 0.25) is 0 Å². The first kappa shape index (κ1) is 22.4. The largest absolute Gasteiger partial charge is 0.469 e. The summed E-state index contributed by atoms with van der Waals surface area (Å²) in [6.45, 7) is 0.710. The van der Waals surface area contributed by atoms with Crippen LogP contribution in [-0.4, -0.2) is 34.2 Å². The summed E-state index contributed by atoms with van der Waals surface area (Å²) < 4.78 is 12.8. The summed E-state index contributed by atoms with van der Waals surface area (Å²) in [7, 11) is 0. The van der Waals surface area contributed by atoms with Crippen LogP contribution in [0, 0.1) is 23.2 Å². The van der Waals surface area contributed by atoms with Gasteiger partial charge in [-0.25, -0.2) is 0 Å². The van der Waals surface area contributed by atoms with Crippen molar-refractivity contribution < 1.29 is 19.1 Å². The highest BCUT2D eigenvalue weighted by atomic mass is 32.2. The molecular weight excluding hydrogens is 482 g/mol. The van der Waals surface area contributed by atoms with Gasteiger partial charge >= 0.3 is 0 Å². The van der Waals surface area contributed by atoms with Crippen molar-refractivity contribution in [3.05, 3.63) is 65.4 Å². The van der Waals surface area contributed by atoms with Crippen molar-refractivity contribution in [2.24, 2.45) is 23.2 Å². The molecule has 7 aliphatic rings. The average molecular weight is 514 g/mol. The molecule has 5 nitrogen and oxygen atoms in total. The second-order valence-corrected chi connectivity index (χ2v) is 13.2. The minimum atomic E-state index is -0.321. The third-order valence-electron chi connectivity index (χ3n) is 10.1. The minimum Gasteiger partial charge on any atom is -0.469 e. The maximum Gasteiger partial charge on any atom is 0.289 e. The number of hydrogen-bond acceptors (Lipinski definition) is 5. The number of rotatable bonds is 4. The molecule has 5 aliphatic carbocycles. The predicted octanol–water partition coefficient (Wildman–Crippen LogP) is 6.67. The number of imide groups is 1. The monoisotopic (exact) mass is 513 g/mol. The molecule has 190 valence electrons. The van der Waals surface area contributed by atoms with E-state index in [1.807, 2.05) is 6.07 Å². The van der Waals surface area contributed by atoms with Crippen molar-refractivity contribution in [1.82, 2.24) is 4.90 Å². The number of fused-ring (bicyclic) bond motifs is 2. The molecule has 1 atom stereocenters. The van der Waals surface area contributed by atoms with Gasteiger partial charge in [0.15, 0.2) is 6.79 Å². The van der Waals surface area contributed by atoms with Crippen molar-refractivity contribution in [3.8, 4) is 0 Å². The van der Waals surface area contributed by atoms with Crippen LogP contribution in [0.4, 0.5) is 4.79 Å². The third-order valence-corrected chi connectivity index (χ3v) is 11.0. The predicted molar refractivity (Wildman–Crippen MR) is 143 cm³/mol. The van der Waals surface area contributed by atoms with E-state index in [1.54, 1.807) is 0 Å². The fourth-order valence-electron chi connectivity index (χ4n) is 8.92. The van der Waals surface area contributed by atoms with Gasteiger partial charge < -0.3 is 9.47 Å². The van der Waals surface area contributed by atoms with E-state index in [4.69, 9.17) is 9.47 Å². The fraction of sp³-hybridized carbons (Fsp3) is 0.484. The summed E-state index contributed by atoms with van der Waals surface area (Å²) in [5.74, 6) is 3.79. The Morgan fingerprint density at radius 3 is 2.38 bits per heavy atom. The van der Waals surface area contributed by atoms with Crippen LogP contribution in [0.1, 0.15) is 56.1 Å². The van der Waals surface area contributed by atoms with E-state index in [0.717, 1.165) is 58.0 Å². The Morgan fingerprint density at radius 2 is 1.65 bits per heavy atom. The van der Waals surface area contributed by atoms with E-state index in [9.17, 15) is 9.59 Å². The van der Waals surface area contributed by atoms with Crippen LogP contribution in [0.25, 0.3) is 16.3 Å². The quantitative estimate of drug-likeness (QED) is 0.457. The molecule has 2 amide bonds. The molecule has 0 spiro atoms. The smallest absolute Gasteiger partial charge is 0.289 e. The van der Waals surface area contributed by atoms with Gasteiger partial charge in [-0.05, 0) is 102 Å². The lowest BCUT2D eigenvalue weighted by Gasteiger charge is -2.62. The lowest BCUT2D eigenvalue weighted by Crippen LogP contribution is -2.59. The van der Waals surface area contributed by atoms with Crippen molar-refractivity contribution in [1.29, 1.82) is 0 Å². The fourth-order valence-corrected chi connectivity index (χ4v) is 9.65. The normalized spacial score (nSPS) is 36.1. The first-order valence-corrected chi connectivity index (χ1v) is 14.7. The van der Waals surface area contributed by atoms with Gasteiger partial charge in [-0.3, -0.25) is 14.5 Å². The highest BCUT2D eigenvalue weighted by Crippen LogP contribution is 2.68. The number of benzene rings is 2. The van der Waals surface area contributed by atoms with Gasteiger partial charge in [0.2, 0.25) is 5.91 Å². The van der Waals surface area contributed by atoms with Gasteiger partial charge in [0, 0.05) is 11.8 Å². The summed E-state index contributed by atoms with van der Waals surface area (Å²) in [6.07, 6.45) is 13.4. The van der Waals surface area contributed by atoms with Crippen molar-refractivity contribution in [3.63, 3.8) is 0 Å². The Labute approximate surface area is 221 Å². The van der Waals surface area contributed by atoms with E-state index < -0.39 is 0 Å². The molecule has 0 radical (unpaired) electrons. The van der Waals surface area contributed by atoms with Crippen LogP contribution >= 0.6 is 11.8 Å². The molecule has 0 N–H and O–H groups in total. The molecule has 9 rings (SSSR count). The molecular formula is C31H31NO4S. The summed E-state index contributed by atoms with van der Waals surface area (Å²) >= 11 is 1.09. The van der Waals surface area contributed by atoms with E-state index in [2.05, 4.69) is 42.5 Å². The number of carbonyl (C=O) groups is 2. The molecule has 4 bridgehead atoms. The lowest BCUT2D eigenvalue weighted by atomic mass is 9.44. The molecule has 2 heterocycles.